The van der Waals surface area contributed by atoms with Gasteiger partial charge in [0.1, 0.15) is 5.60 Å². The summed E-state index contributed by atoms with van der Waals surface area (Å²) < 4.78 is 1.44. The Morgan fingerprint density at radius 2 is 1.59 bits per heavy atom. The van der Waals surface area contributed by atoms with Crippen LogP contribution >= 0.6 is 45.9 Å². The van der Waals surface area contributed by atoms with Gasteiger partial charge >= 0.3 is 0 Å². The van der Waals surface area contributed by atoms with E-state index in [0.717, 1.165) is 38.1 Å². The Balaban J connectivity index is 0.00000156. The molecule has 2 bridgehead atoms. The first kappa shape index (κ1) is 15.4. The average molecular weight is 376 g/mol. The fourth-order valence-electron chi connectivity index (χ4n) is 3.96. The first-order chi connectivity index (χ1) is 10.6. The highest BCUT2D eigenvalue weighted by Gasteiger charge is 2.50. The molecule has 5 rings (SSSR count). The third-order valence-electron chi connectivity index (χ3n) is 5.09. The molecule has 2 aromatic rings. The Morgan fingerprint density at radius 3 is 1.95 bits per heavy atom. The van der Waals surface area contributed by atoms with Crippen molar-refractivity contribution in [3.05, 3.63) is 42.7 Å². The summed E-state index contributed by atoms with van der Waals surface area (Å²) in [6.45, 7) is 3.27. The highest BCUT2D eigenvalue weighted by atomic mass is 35.5. The second kappa shape index (κ2) is 5.76. The van der Waals surface area contributed by atoms with Crippen LogP contribution in [0.1, 0.15) is 24.0 Å². The summed E-state index contributed by atoms with van der Waals surface area (Å²) in [6, 6.07) is 7.70. The molecule has 1 N–H and O–H groups in total. The van der Waals surface area contributed by atoms with Gasteiger partial charge in [-0.05, 0) is 56.1 Å². The van der Waals surface area contributed by atoms with Crippen molar-refractivity contribution in [2.24, 2.45) is 11.8 Å². The molecule has 120 valence electrons. The van der Waals surface area contributed by atoms with Crippen LogP contribution in [0.4, 0.5) is 0 Å². The van der Waals surface area contributed by atoms with E-state index in [2.05, 4.69) is 4.90 Å². The van der Waals surface area contributed by atoms with Gasteiger partial charge in [0.2, 0.25) is 0 Å². The van der Waals surface area contributed by atoms with Gasteiger partial charge in [-0.3, -0.25) is 0 Å². The molecule has 3 saturated heterocycles. The van der Waals surface area contributed by atoms with Crippen LogP contribution in [0.2, 0.25) is 8.67 Å². The lowest BCUT2D eigenvalue weighted by molar-refractivity contribution is -0.0725. The van der Waals surface area contributed by atoms with Gasteiger partial charge in [0.25, 0.3) is 0 Å². The third kappa shape index (κ3) is 2.45. The molecule has 6 heteroatoms. The zero-order valence-electron chi connectivity index (χ0n) is 12.0. The molecule has 1 unspecified atom stereocenters. The van der Waals surface area contributed by atoms with Crippen LogP contribution in [0.3, 0.4) is 0 Å². The van der Waals surface area contributed by atoms with Gasteiger partial charge in [-0.2, -0.15) is 0 Å². The molecule has 22 heavy (non-hydrogen) atoms. The molecule has 5 heterocycles. The minimum atomic E-state index is -0.973. The maximum Gasteiger partial charge on any atom is 0.137 e. The van der Waals surface area contributed by atoms with Crippen LogP contribution in [-0.2, 0) is 5.60 Å². The molecule has 3 aliphatic heterocycles. The summed E-state index contributed by atoms with van der Waals surface area (Å²) in [6.07, 6.45) is 2.34. The summed E-state index contributed by atoms with van der Waals surface area (Å²) >= 11 is 15.3. The van der Waals surface area contributed by atoms with Crippen LogP contribution in [0, 0.1) is 11.8 Å². The van der Waals surface area contributed by atoms with Crippen molar-refractivity contribution in [3.63, 3.8) is 0 Å². The number of halogens is 2. The first-order valence-electron chi connectivity index (χ1n) is 7.53. The predicted octanol–water partition coefficient (Wildman–Crippen LogP) is 4.94. The van der Waals surface area contributed by atoms with Crippen molar-refractivity contribution in [1.82, 2.24) is 4.90 Å². The van der Waals surface area contributed by atoms with Gasteiger partial charge in [-0.1, -0.05) is 23.2 Å². The van der Waals surface area contributed by atoms with Crippen LogP contribution in [0.5, 0.6) is 0 Å². The molecule has 0 spiro atoms. The van der Waals surface area contributed by atoms with E-state index in [-0.39, 0.29) is 7.34 Å². The first-order valence-corrected chi connectivity index (χ1v) is 9.92. The number of piperidine rings is 3. The van der Waals surface area contributed by atoms with Crippen LogP contribution in [0.25, 0.3) is 0 Å². The minimum absolute atomic E-state index is 0. The number of fused-ring (bicyclic) bond motifs is 3. The Kier molecular flexibility index (Phi) is 4.04. The van der Waals surface area contributed by atoms with E-state index < -0.39 is 5.60 Å². The predicted molar refractivity (Wildman–Crippen MR) is 96.4 cm³/mol. The topological polar surface area (TPSA) is 23.5 Å². The number of aliphatic hydroxyl groups is 1. The maximum absolute atomic E-state index is 11.8. The summed E-state index contributed by atoms with van der Waals surface area (Å²) in [4.78, 5) is 4.35. The lowest BCUT2D eigenvalue weighted by Crippen LogP contribution is -2.55. The zero-order valence-corrected chi connectivity index (χ0v) is 15.1. The van der Waals surface area contributed by atoms with Crippen molar-refractivity contribution >= 4 is 45.9 Å². The van der Waals surface area contributed by atoms with Gasteiger partial charge in [-0.25, -0.2) is 0 Å². The fraction of sp³-hybridized carbons (Fsp3) is 0.500. The van der Waals surface area contributed by atoms with E-state index in [0.29, 0.717) is 5.92 Å². The smallest absolute Gasteiger partial charge is 0.137 e. The van der Waals surface area contributed by atoms with E-state index >= 15 is 0 Å². The molecule has 3 aliphatic rings. The second-order valence-electron chi connectivity index (χ2n) is 6.22. The quantitative estimate of drug-likeness (QED) is 0.820. The summed E-state index contributed by atoms with van der Waals surface area (Å²) in [7, 11) is 0. The van der Waals surface area contributed by atoms with E-state index in [1.54, 1.807) is 0 Å². The molecule has 0 aliphatic carbocycles. The average Bonchev–Trinajstić information content (AvgIpc) is 3.17. The van der Waals surface area contributed by atoms with Gasteiger partial charge < -0.3 is 10.0 Å². The SMILES string of the molecule is OC(c1ccc(Cl)s1)(c1ccc(Cl)s1)C1CN2CCC1CC2.[HH]. The molecular formula is C16H19Cl2NOS2. The van der Waals surface area contributed by atoms with Gasteiger partial charge in [0, 0.05) is 23.6 Å². The summed E-state index contributed by atoms with van der Waals surface area (Å²) in [5, 5.41) is 11.8. The third-order valence-corrected chi connectivity index (χ3v) is 7.80. The van der Waals surface area contributed by atoms with Crippen molar-refractivity contribution in [3.8, 4) is 0 Å². The molecular weight excluding hydrogens is 357 g/mol. The standard InChI is InChI=1S/C16H17Cl2NOS2.H2/c17-14-3-1-12(21-14)16(20,13-2-4-15(18)22-13)11-9-19-7-5-10(11)6-8-19;/h1-4,10-11,20H,5-9H2;1H. The summed E-state index contributed by atoms with van der Waals surface area (Å²) in [5.74, 6) is 0.774. The Bertz CT molecular complexity index is 641. The normalized spacial score (nSPS) is 28.2. The van der Waals surface area contributed by atoms with Gasteiger partial charge in [0.15, 0.2) is 0 Å². The van der Waals surface area contributed by atoms with Gasteiger partial charge in [-0.15, -0.1) is 22.7 Å². The van der Waals surface area contributed by atoms with Gasteiger partial charge in [0.05, 0.1) is 8.67 Å². The van der Waals surface area contributed by atoms with E-state index in [9.17, 15) is 5.11 Å². The van der Waals surface area contributed by atoms with E-state index in [1.165, 1.54) is 35.5 Å². The van der Waals surface area contributed by atoms with Crippen molar-refractivity contribution in [1.29, 1.82) is 0 Å². The highest BCUT2D eigenvalue weighted by molar-refractivity contribution is 7.17. The molecule has 0 amide bonds. The number of hydrogen-bond donors (Lipinski definition) is 1. The Morgan fingerprint density at radius 1 is 1.05 bits per heavy atom. The van der Waals surface area contributed by atoms with Crippen molar-refractivity contribution in [2.45, 2.75) is 18.4 Å². The Labute approximate surface area is 149 Å². The maximum atomic E-state index is 11.8. The highest BCUT2D eigenvalue weighted by Crippen LogP contribution is 2.51. The number of thiophene rings is 2. The number of hydrogen-bond acceptors (Lipinski definition) is 4. The van der Waals surface area contributed by atoms with E-state index in [4.69, 9.17) is 23.2 Å². The molecule has 2 aromatic heterocycles. The number of rotatable bonds is 3. The summed E-state index contributed by atoms with van der Waals surface area (Å²) in [5.41, 5.74) is -0.973. The minimum Gasteiger partial charge on any atom is -0.378 e. The lowest BCUT2D eigenvalue weighted by atomic mass is 9.69. The van der Waals surface area contributed by atoms with Crippen molar-refractivity contribution in [2.75, 3.05) is 19.6 Å². The molecule has 0 radical (unpaired) electrons. The lowest BCUT2D eigenvalue weighted by Gasteiger charge is -2.50. The number of nitrogens with zero attached hydrogens (tertiary/aromatic N) is 1. The zero-order chi connectivity index (χ0) is 15.3. The van der Waals surface area contributed by atoms with E-state index in [1.807, 2.05) is 24.3 Å². The monoisotopic (exact) mass is 375 g/mol. The fourth-order valence-corrected chi connectivity index (χ4v) is 6.45. The largest absolute Gasteiger partial charge is 0.378 e. The molecule has 1 atom stereocenters. The van der Waals surface area contributed by atoms with Crippen LogP contribution in [-0.4, -0.2) is 29.6 Å². The molecule has 0 saturated carbocycles. The second-order valence-corrected chi connectivity index (χ2v) is 9.65. The molecule has 2 nitrogen and oxygen atoms in total. The van der Waals surface area contributed by atoms with Crippen LogP contribution < -0.4 is 0 Å². The molecule has 3 fully saturated rings. The van der Waals surface area contributed by atoms with Crippen molar-refractivity contribution < 1.29 is 6.53 Å². The Hall–Kier alpha value is -0.100. The molecule has 0 aromatic carbocycles. The van der Waals surface area contributed by atoms with Crippen LogP contribution in [0.15, 0.2) is 24.3 Å².